The van der Waals surface area contributed by atoms with Crippen molar-refractivity contribution < 1.29 is 50.0 Å². The third-order valence-electron chi connectivity index (χ3n) is 6.64. The summed E-state index contributed by atoms with van der Waals surface area (Å²) >= 11 is 0. The lowest BCUT2D eigenvalue weighted by atomic mass is 9.86. The van der Waals surface area contributed by atoms with Crippen molar-refractivity contribution in [3.8, 4) is 11.5 Å². The molecule has 2 aromatic carbocycles. The van der Waals surface area contributed by atoms with Crippen molar-refractivity contribution in [3.05, 3.63) is 59.0 Å². The number of aliphatic hydroxyl groups excluding tert-OH is 2. The summed E-state index contributed by atoms with van der Waals surface area (Å²) in [5.41, 5.74) is -5.69. The first-order valence-electron chi connectivity index (χ1n) is 16.0. The van der Waals surface area contributed by atoms with Gasteiger partial charge in [-0.1, -0.05) is 26.8 Å². The zero-order valence-electron chi connectivity index (χ0n) is 29.1. The Morgan fingerprint density at radius 3 is 2.62 bits per heavy atom. The van der Waals surface area contributed by atoms with E-state index >= 15 is 4.39 Å². The Balaban J connectivity index is 1.73. The summed E-state index contributed by atoms with van der Waals surface area (Å²) < 4.78 is 130. The number of alkyl halides is 2. The van der Waals surface area contributed by atoms with Crippen LogP contribution in [0.15, 0.2) is 36.3 Å². The Labute approximate surface area is 225 Å². The molecule has 0 spiro atoms. The van der Waals surface area contributed by atoms with Gasteiger partial charge in [0.15, 0.2) is 11.5 Å². The third-order valence-corrected chi connectivity index (χ3v) is 6.64. The first-order valence-corrected chi connectivity index (χ1v) is 11.5. The normalized spacial score (nSPS) is 24.9. The fourth-order valence-electron chi connectivity index (χ4n) is 4.11. The van der Waals surface area contributed by atoms with Gasteiger partial charge in [-0.3, -0.25) is 4.79 Å². The lowest BCUT2D eigenvalue weighted by molar-refractivity contribution is -0.286. The summed E-state index contributed by atoms with van der Waals surface area (Å²) in [6, 6.07) is 0.365. The lowest BCUT2D eigenvalue weighted by Crippen LogP contribution is -2.26. The first kappa shape index (κ1) is 16.7. The molecule has 1 aromatic heterocycles. The maximum atomic E-state index is 16.1. The van der Waals surface area contributed by atoms with Crippen LogP contribution in [-0.2, 0) is 28.5 Å². The summed E-state index contributed by atoms with van der Waals surface area (Å²) in [6.45, 7) is 0.967. The van der Waals surface area contributed by atoms with Crippen molar-refractivity contribution in [1.82, 2.24) is 4.57 Å². The van der Waals surface area contributed by atoms with E-state index in [0.717, 1.165) is 18.2 Å². The number of fused-ring (bicyclic) bond motifs is 2. The Morgan fingerprint density at radius 2 is 1.97 bits per heavy atom. The van der Waals surface area contributed by atoms with Gasteiger partial charge in [-0.25, -0.2) is 4.39 Å². The van der Waals surface area contributed by atoms with E-state index in [9.17, 15) is 23.8 Å². The molecular weight excluding hydrogens is 487 g/mol. The maximum absolute atomic E-state index is 16.1. The highest BCUT2D eigenvalue weighted by atomic mass is 19.3. The van der Waals surface area contributed by atoms with Crippen LogP contribution in [0.2, 0.25) is 0 Å². The quantitative estimate of drug-likeness (QED) is 0.411. The molecule has 1 fully saturated rings. The molecule has 3 aromatic rings. The highest BCUT2D eigenvalue weighted by Crippen LogP contribution is 2.52. The molecule has 9 heteroatoms. The molecule has 5 rings (SSSR count). The molecule has 0 amide bonds. The Bertz CT molecular complexity index is 1780. The fraction of sp³-hybridized carbons (Fsp3) is 0.464. The Kier molecular flexibility index (Phi) is 3.97. The minimum atomic E-state index is -4.07. The predicted molar refractivity (Wildman–Crippen MR) is 131 cm³/mol. The van der Waals surface area contributed by atoms with Crippen LogP contribution >= 0.6 is 0 Å². The van der Waals surface area contributed by atoms with Crippen molar-refractivity contribution in [1.29, 1.82) is 0 Å². The van der Waals surface area contributed by atoms with E-state index in [2.05, 4.69) is 9.47 Å². The number of carbonyl (C=O) groups excluding carboxylic acids is 1. The van der Waals surface area contributed by atoms with Crippen LogP contribution in [0.3, 0.4) is 0 Å². The molecule has 2 N–H and O–H groups in total. The van der Waals surface area contributed by atoms with Gasteiger partial charge >= 0.3 is 6.29 Å². The average Bonchev–Trinajstić information content (AvgIpc) is 3.24. The van der Waals surface area contributed by atoms with Crippen LogP contribution in [0.5, 0.6) is 11.5 Å². The SMILES string of the molecule is [2H]c1c(CC(=O)C2(c3ccc4c(c3)OC(F)(F)O4)C([2H])([2H])C2([2H])[2H])c(F)c([2H])c2c1c([2H])c(C(C)(C)CC)n2C([2H])([2H])[C@@H](O)CO. The number of hydrogen-bond acceptors (Lipinski definition) is 5. The molecule has 1 atom stereocenters. The second-order valence-electron chi connectivity index (χ2n) is 9.57. The summed E-state index contributed by atoms with van der Waals surface area (Å²) in [5, 5.41) is 19.5. The van der Waals surface area contributed by atoms with Crippen LogP contribution in [-0.4, -0.2) is 39.6 Å². The van der Waals surface area contributed by atoms with Crippen molar-refractivity contribution in [2.45, 2.75) is 76.1 Å². The number of Topliss-reactive ketones (excluding diaryl/α,β-unsaturated/α-hetero) is 1. The minimum absolute atomic E-state index is 0.129. The second kappa shape index (κ2) is 8.77. The number of ketones is 1. The molecule has 6 nitrogen and oxygen atoms in total. The van der Waals surface area contributed by atoms with Crippen molar-refractivity contribution in [2.75, 3.05) is 6.61 Å². The number of aliphatic hydroxyl groups is 2. The monoisotopic (exact) mass is 526 g/mol. The van der Waals surface area contributed by atoms with Gasteiger partial charge in [0.05, 0.1) is 37.0 Å². The fourth-order valence-corrected chi connectivity index (χ4v) is 4.11. The van der Waals surface area contributed by atoms with Crippen molar-refractivity contribution >= 4 is 16.7 Å². The van der Waals surface area contributed by atoms with E-state index in [1.807, 2.05) is 0 Å². The summed E-state index contributed by atoms with van der Waals surface area (Å²) in [5.74, 6) is -3.86. The molecule has 198 valence electrons. The number of rotatable bonds is 9. The molecule has 37 heavy (non-hydrogen) atoms. The molecule has 0 saturated heterocycles. The molecule has 1 saturated carbocycles. The van der Waals surface area contributed by atoms with Crippen molar-refractivity contribution in [3.63, 3.8) is 0 Å². The van der Waals surface area contributed by atoms with E-state index in [1.54, 1.807) is 20.8 Å². The van der Waals surface area contributed by atoms with Gasteiger partial charge in [-0.15, -0.1) is 8.78 Å². The summed E-state index contributed by atoms with van der Waals surface area (Å²) in [7, 11) is 0. The topological polar surface area (TPSA) is 80.9 Å². The largest absolute Gasteiger partial charge is 0.586 e. The molecule has 0 bridgehead atoms. The van der Waals surface area contributed by atoms with E-state index in [1.165, 1.54) is 0 Å². The van der Waals surface area contributed by atoms with Crippen LogP contribution in [0.4, 0.5) is 13.2 Å². The highest BCUT2D eigenvalue weighted by Gasteiger charge is 2.52. The Morgan fingerprint density at radius 1 is 1.27 bits per heavy atom. The lowest BCUT2D eigenvalue weighted by Gasteiger charge is -2.26. The molecule has 2 aliphatic rings. The van der Waals surface area contributed by atoms with Gasteiger partial charge in [0, 0.05) is 28.4 Å². The number of hydrogen-bond donors (Lipinski definition) is 2. The van der Waals surface area contributed by atoms with E-state index in [4.69, 9.17) is 12.3 Å². The van der Waals surface area contributed by atoms with Gasteiger partial charge in [0.25, 0.3) is 0 Å². The van der Waals surface area contributed by atoms with Crippen LogP contribution in [0, 0.1) is 5.82 Å². The van der Waals surface area contributed by atoms with E-state index in [0.29, 0.717) is 4.57 Å². The number of halogens is 3. The van der Waals surface area contributed by atoms with E-state index in [-0.39, 0.29) is 12.1 Å². The van der Waals surface area contributed by atoms with Crippen LogP contribution in [0.25, 0.3) is 10.9 Å². The van der Waals surface area contributed by atoms with Gasteiger partial charge in [-0.05, 0) is 60.6 Å². The van der Waals surface area contributed by atoms with Gasteiger partial charge in [-0.2, -0.15) is 0 Å². The first-order chi connectivity index (χ1) is 21.0. The molecular formula is C28H30F3NO5. The van der Waals surface area contributed by atoms with Gasteiger partial charge in [0.2, 0.25) is 0 Å². The predicted octanol–water partition coefficient (Wildman–Crippen LogP) is 4.99. The standard InChI is InChI=1S/C28H30F3NO5/c1-4-26(2,3)24-10-17-9-16(20(29)13-21(17)32(24)14-19(34)15-33)11-25(35)27(7-8-27)18-5-6-22-23(12-18)37-28(30,31)36-22/h5-6,9-10,12-13,19,33-34H,4,7-8,11,14-15H2,1-3H3/t19-/m1/s1/i7D2,8D2,9D,10D,13D,14D2. The summed E-state index contributed by atoms with van der Waals surface area (Å²) in [6.07, 6.45) is -12.9. The number of benzene rings is 2. The molecule has 1 aliphatic carbocycles. The van der Waals surface area contributed by atoms with Crippen LogP contribution in [0.1, 0.15) is 69.1 Å². The number of aromatic nitrogens is 1. The smallest absolute Gasteiger partial charge is 0.395 e. The van der Waals surface area contributed by atoms with Gasteiger partial charge in [0.1, 0.15) is 11.6 Å². The van der Waals surface area contributed by atoms with Gasteiger partial charge < -0.3 is 24.3 Å². The van der Waals surface area contributed by atoms with Crippen LogP contribution < -0.4 is 9.47 Å². The van der Waals surface area contributed by atoms with E-state index < -0.39 is 119 Å². The second-order valence-corrected chi connectivity index (χ2v) is 9.57. The number of ether oxygens (including phenoxy) is 2. The molecule has 1 aliphatic heterocycles. The zero-order chi connectivity index (χ0) is 34.7. The maximum Gasteiger partial charge on any atom is 0.586 e. The number of carbonyl (C=O) groups is 1. The Hall–Kier alpha value is -3.04. The summed E-state index contributed by atoms with van der Waals surface area (Å²) in [4.78, 5) is 14.0. The highest BCUT2D eigenvalue weighted by molar-refractivity contribution is 5.95. The molecule has 0 radical (unpaired) electrons. The third kappa shape index (κ3) is 4.48. The zero-order valence-corrected chi connectivity index (χ0v) is 20.1. The molecule has 0 unspecified atom stereocenters. The number of nitrogens with zero attached hydrogens (tertiary/aromatic N) is 1. The average molecular weight is 527 g/mol. The minimum Gasteiger partial charge on any atom is -0.395 e. The molecule has 2 heterocycles. The van der Waals surface area contributed by atoms with Crippen molar-refractivity contribution in [2.24, 2.45) is 0 Å².